The van der Waals surface area contributed by atoms with E-state index in [1.165, 1.54) is 59.9 Å². The van der Waals surface area contributed by atoms with E-state index in [2.05, 4.69) is 148 Å². The van der Waals surface area contributed by atoms with Gasteiger partial charge < -0.3 is 8.97 Å². The molecule has 8 aromatic carbocycles. The van der Waals surface area contributed by atoms with Crippen LogP contribution in [0.4, 0.5) is 0 Å². The van der Waals surface area contributed by atoms with Crippen LogP contribution in [0.25, 0.3) is 111 Å². The number of aromatic nitrogens is 5. The molecule has 270 valence electrons. The summed E-state index contributed by atoms with van der Waals surface area (Å²) in [4.78, 5) is 14.9. The molecule has 4 aromatic heterocycles. The Morgan fingerprint density at radius 1 is 0.276 bits per heavy atom. The predicted molar refractivity (Wildman–Crippen MR) is 239 cm³/mol. The summed E-state index contributed by atoms with van der Waals surface area (Å²) in [5.41, 5.74) is 12.1. The third kappa shape index (κ3) is 5.07. The van der Waals surface area contributed by atoms with Gasteiger partial charge in [-0.3, -0.25) is 0 Å². The van der Waals surface area contributed by atoms with Crippen LogP contribution >= 0.6 is 0 Å². The lowest BCUT2D eigenvalue weighted by Gasteiger charge is -2.13. The summed E-state index contributed by atoms with van der Waals surface area (Å²) in [6.07, 6.45) is 0. The monoisotopic (exact) mass is 739 g/mol. The van der Waals surface area contributed by atoms with E-state index in [9.17, 15) is 0 Å². The van der Waals surface area contributed by atoms with Crippen molar-refractivity contribution in [2.24, 2.45) is 0 Å². The van der Waals surface area contributed by atoms with Crippen LogP contribution in [-0.2, 0) is 0 Å². The van der Waals surface area contributed by atoms with Crippen LogP contribution in [-0.4, -0.2) is 23.9 Å². The van der Waals surface area contributed by atoms with Crippen molar-refractivity contribution in [2.45, 2.75) is 0 Å². The van der Waals surface area contributed by atoms with E-state index in [1.807, 2.05) is 60.7 Å². The van der Waals surface area contributed by atoms with Crippen molar-refractivity contribution in [2.75, 3.05) is 0 Å². The zero-order valence-corrected chi connectivity index (χ0v) is 31.3. The molecule has 0 aliphatic carbocycles. The minimum atomic E-state index is 0.640. The number of hydrogen-bond acceptors (Lipinski definition) is 3. The number of nitrogens with zero attached hydrogens (tertiary/aromatic N) is 5. The van der Waals surface area contributed by atoms with Crippen LogP contribution < -0.4 is 0 Å². The van der Waals surface area contributed by atoms with Crippen molar-refractivity contribution in [3.8, 4) is 51.0 Å². The molecule has 0 fully saturated rings. The van der Waals surface area contributed by atoms with E-state index >= 15 is 0 Å². The highest BCUT2D eigenvalue weighted by atomic mass is 15.0. The summed E-state index contributed by atoms with van der Waals surface area (Å²) < 4.78 is 4.86. The van der Waals surface area contributed by atoms with Gasteiger partial charge in [0.05, 0.1) is 27.6 Å². The summed E-state index contributed by atoms with van der Waals surface area (Å²) in [6, 6.07) is 71.0. The standard InChI is InChI=1S/C53H33N5/c1-3-14-35(15-4-1)51-54-52(36-16-5-2-6-17-36)56-53(55-51)39-20-13-19-37(30-39)34-26-28-40(29-27-34)57-47-25-12-10-23-43(47)45-32-44-41-21-8-9-22-42(41)48-31-38-18-7-11-24-46(38)58(48)50(44)33-49(45)57/h1-33H. The lowest BCUT2D eigenvalue weighted by molar-refractivity contribution is 1.07. The predicted octanol–water partition coefficient (Wildman–Crippen LogP) is 13.3. The van der Waals surface area contributed by atoms with E-state index in [-0.39, 0.29) is 0 Å². The second-order valence-corrected chi connectivity index (χ2v) is 14.9. The summed E-state index contributed by atoms with van der Waals surface area (Å²) in [5.74, 6) is 1.94. The molecule has 0 amide bonds. The summed E-state index contributed by atoms with van der Waals surface area (Å²) >= 11 is 0. The van der Waals surface area contributed by atoms with Gasteiger partial charge in [-0.05, 0) is 65.0 Å². The highest BCUT2D eigenvalue weighted by Gasteiger charge is 2.18. The zero-order valence-electron chi connectivity index (χ0n) is 31.3. The minimum Gasteiger partial charge on any atom is -0.309 e. The summed E-state index contributed by atoms with van der Waals surface area (Å²) in [6.45, 7) is 0. The van der Waals surface area contributed by atoms with Gasteiger partial charge in [0, 0.05) is 49.3 Å². The fourth-order valence-corrected chi connectivity index (χ4v) is 8.82. The molecule has 0 radical (unpaired) electrons. The van der Waals surface area contributed by atoms with Crippen molar-refractivity contribution in [3.63, 3.8) is 0 Å². The Kier molecular flexibility index (Phi) is 7.16. The average Bonchev–Trinajstić information content (AvgIpc) is 3.85. The molecule has 0 aliphatic heterocycles. The number of hydrogen-bond donors (Lipinski definition) is 0. The molecule has 0 N–H and O–H groups in total. The molecule has 0 saturated heterocycles. The molecule has 0 atom stereocenters. The van der Waals surface area contributed by atoms with Crippen molar-refractivity contribution in [1.82, 2.24) is 23.9 Å². The molecular weight excluding hydrogens is 707 g/mol. The second kappa shape index (κ2) is 12.8. The SMILES string of the molecule is c1ccc(-c2nc(-c3ccccc3)nc(-c3cccc(-c4ccc(-n5c6ccccc6c6cc7c8ccccc8c8cc9ccccc9n8c7cc65)cc4)c3)n2)cc1. The van der Waals surface area contributed by atoms with Crippen molar-refractivity contribution >= 4 is 59.9 Å². The number of benzene rings is 8. The van der Waals surface area contributed by atoms with Crippen LogP contribution in [0.2, 0.25) is 0 Å². The van der Waals surface area contributed by atoms with Crippen LogP contribution in [0, 0.1) is 0 Å². The van der Waals surface area contributed by atoms with Gasteiger partial charge in [0.1, 0.15) is 0 Å². The highest BCUT2D eigenvalue weighted by Crippen LogP contribution is 2.40. The highest BCUT2D eigenvalue weighted by molar-refractivity contribution is 6.21. The van der Waals surface area contributed by atoms with Gasteiger partial charge in [0.15, 0.2) is 17.5 Å². The normalized spacial score (nSPS) is 11.8. The zero-order chi connectivity index (χ0) is 38.2. The van der Waals surface area contributed by atoms with Gasteiger partial charge in [-0.15, -0.1) is 0 Å². The Hall–Kier alpha value is -7.89. The summed E-state index contributed by atoms with van der Waals surface area (Å²) in [5, 5.41) is 7.49. The third-order valence-electron chi connectivity index (χ3n) is 11.5. The van der Waals surface area contributed by atoms with Gasteiger partial charge >= 0.3 is 0 Å². The number of para-hydroxylation sites is 2. The molecule has 0 saturated carbocycles. The molecule has 0 spiro atoms. The Bertz CT molecular complexity index is 3490. The Morgan fingerprint density at radius 3 is 1.50 bits per heavy atom. The Labute approximate surface area is 333 Å². The first-order chi connectivity index (χ1) is 28.7. The summed E-state index contributed by atoms with van der Waals surface area (Å²) in [7, 11) is 0. The minimum absolute atomic E-state index is 0.640. The average molecular weight is 740 g/mol. The molecule has 5 heteroatoms. The molecule has 0 aliphatic rings. The lowest BCUT2D eigenvalue weighted by Crippen LogP contribution is -2.00. The van der Waals surface area contributed by atoms with E-state index in [0.717, 1.165) is 33.5 Å². The fraction of sp³-hybridized carbons (Fsp3) is 0. The molecule has 0 bridgehead atoms. The largest absolute Gasteiger partial charge is 0.309 e. The fourth-order valence-electron chi connectivity index (χ4n) is 8.82. The molecule has 5 nitrogen and oxygen atoms in total. The van der Waals surface area contributed by atoms with E-state index < -0.39 is 0 Å². The van der Waals surface area contributed by atoms with Crippen LogP contribution in [0.5, 0.6) is 0 Å². The van der Waals surface area contributed by atoms with Crippen LogP contribution in [0.15, 0.2) is 200 Å². The quantitative estimate of drug-likeness (QED) is 0.165. The topological polar surface area (TPSA) is 48.0 Å². The molecule has 4 heterocycles. The maximum absolute atomic E-state index is 4.98. The maximum atomic E-state index is 4.98. The second-order valence-electron chi connectivity index (χ2n) is 14.9. The molecular formula is C53H33N5. The molecule has 12 rings (SSSR count). The van der Waals surface area contributed by atoms with Gasteiger partial charge in [-0.2, -0.15) is 0 Å². The van der Waals surface area contributed by atoms with E-state index in [1.54, 1.807) is 0 Å². The van der Waals surface area contributed by atoms with Crippen molar-refractivity contribution in [1.29, 1.82) is 0 Å². The Balaban J connectivity index is 1.00. The molecule has 12 aromatic rings. The maximum Gasteiger partial charge on any atom is 0.164 e. The van der Waals surface area contributed by atoms with Gasteiger partial charge in [0.25, 0.3) is 0 Å². The Morgan fingerprint density at radius 2 is 0.793 bits per heavy atom. The lowest BCUT2D eigenvalue weighted by atomic mass is 10.0. The molecule has 0 unspecified atom stereocenters. The number of rotatable bonds is 5. The van der Waals surface area contributed by atoms with E-state index in [0.29, 0.717) is 17.5 Å². The van der Waals surface area contributed by atoms with Crippen molar-refractivity contribution < 1.29 is 0 Å². The van der Waals surface area contributed by atoms with Gasteiger partial charge in [0.2, 0.25) is 0 Å². The van der Waals surface area contributed by atoms with Crippen molar-refractivity contribution in [3.05, 3.63) is 200 Å². The smallest absolute Gasteiger partial charge is 0.164 e. The van der Waals surface area contributed by atoms with Crippen LogP contribution in [0.3, 0.4) is 0 Å². The van der Waals surface area contributed by atoms with Gasteiger partial charge in [-0.25, -0.2) is 15.0 Å². The number of fused-ring (bicyclic) bond motifs is 11. The molecule has 58 heavy (non-hydrogen) atoms. The first kappa shape index (κ1) is 32.4. The van der Waals surface area contributed by atoms with E-state index in [4.69, 9.17) is 15.0 Å². The third-order valence-corrected chi connectivity index (χ3v) is 11.5. The first-order valence-electron chi connectivity index (χ1n) is 19.6. The van der Waals surface area contributed by atoms with Crippen LogP contribution in [0.1, 0.15) is 0 Å². The van der Waals surface area contributed by atoms with Gasteiger partial charge in [-0.1, -0.05) is 152 Å². The first-order valence-corrected chi connectivity index (χ1v) is 19.6. The number of pyridine rings is 1.